The SMILES string of the molecule is Cc1ccc(O)c(C(O)=C2C(=O)C(=O)N(CCN3CCOCC3)C2c2ccc(C(C)(C)C)cc2)c1. The van der Waals surface area contributed by atoms with Crippen molar-refractivity contribution in [3.05, 3.63) is 70.3 Å². The number of rotatable bonds is 5. The molecular formula is C28H34N2O5. The Hall–Kier alpha value is -3.16. The van der Waals surface area contributed by atoms with Crippen molar-refractivity contribution in [2.45, 2.75) is 39.2 Å². The van der Waals surface area contributed by atoms with Crippen molar-refractivity contribution < 1.29 is 24.5 Å². The Morgan fingerprint density at radius 2 is 1.69 bits per heavy atom. The molecule has 2 N–H and O–H groups in total. The van der Waals surface area contributed by atoms with Gasteiger partial charge < -0.3 is 19.8 Å². The fourth-order valence-electron chi connectivity index (χ4n) is 4.68. The van der Waals surface area contributed by atoms with Gasteiger partial charge in [-0.2, -0.15) is 0 Å². The summed E-state index contributed by atoms with van der Waals surface area (Å²) in [4.78, 5) is 30.2. The molecule has 2 fully saturated rings. The monoisotopic (exact) mass is 478 g/mol. The molecule has 7 heteroatoms. The van der Waals surface area contributed by atoms with Gasteiger partial charge >= 0.3 is 0 Å². The highest BCUT2D eigenvalue weighted by atomic mass is 16.5. The van der Waals surface area contributed by atoms with Crippen LogP contribution in [0.3, 0.4) is 0 Å². The molecule has 0 radical (unpaired) electrons. The van der Waals surface area contributed by atoms with E-state index in [1.165, 1.54) is 6.07 Å². The van der Waals surface area contributed by atoms with Gasteiger partial charge in [-0.3, -0.25) is 14.5 Å². The van der Waals surface area contributed by atoms with Crippen LogP contribution in [-0.2, 0) is 19.7 Å². The van der Waals surface area contributed by atoms with Gasteiger partial charge in [-0.05, 0) is 35.6 Å². The van der Waals surface area contributed by atoms with Crippen molar-refractivity contribution in [1.82, 2.24) is 9.80 Å². The largest absolute Gasteiger partial charge is 0.507 e. The molecular weight excluding hydrogens is 444 g/mol. The number of amides is 1. The summed E-state index contributed by atoms with van der Waals surface area (Å²) in [6.07, 6.45) is 0. The highest BCUT2D eigenvalue weighted by Gasteiger charge is 2.46. The second kappa shape index (κ2) is 9.84. The molecule has 2 aromatic rings. The van der Waals surface area contributed by atoms with Crippen LogP contribution in [0.5, 0.6) is 5.75 Å². The molecule has 1 amide bonds. The Kier molecular flexibility index (Phi) is 7.01. The van der Waals surface area contributed by atoms with Crippen molar-refractivity contribution in [3.63, 3.8) is 0 Å². The Labute approximate surface area is 206 Å². The van der Waals surface area contributed by atoms with E-state index in [-0.39, 0.29) is 28.1 Å². The molecule has 2 aliphatic rings. The lowest BCUT2D eigenvalue weighted by atomic mass is 9.85. The standard InChI is InChI=1S/C28H34N2O5/c1-18-5-10-22(31)21(17-18)25(32)23-24(19-6-8-20(9-7-19)28(2,3)4)30(27(34)26(23)33)12-11-29-13-15-35-16-14-29/h5-10,17,24,31-32H,11-16H2,1-4H3. The number of likely N-dealkylation sites (tertiary alicyclic amines) is 1. The Balaban J connectivity index is 1.78. The van der Waals surface area contributed by atoms with Crippen LogP contribution >= 0.6 is 0 Å². The van der Waals surface area contributed by atoms with E-state index < -0.39 is 17.7 Å². The molecule has 2 aliphatic heterocycles. The number of aryl methyl sites for hydroxylation is 1. The van der Waals surface area contributed by atoms with Gasteiger partial charge in [0.2, 0.25) is 0 Å². The number of phenolic OH excluding ortho intramolecular Hbond substituents is 1. The number of carbonyl (C=O) groups excluding carboxylic acids is 2. The average Bonchev–Trinajstić information content (AvgIpc) is 3.09. The van der Waals surface area contributed by atoms with Gasteiger partial charge in [0.25, 0.3) is 11.7 Å². The lowest BCUT2D eigenvalue weighted by Gasteiger charge is -2.31. The first-order valence-electron chi connectivity index (χ1n) is 12.1. The first-order chi connectivity index (χ1) is 16.6. The summed E-state index contributed by atoms with van der Waals surface area (Å²) in [6, 6.07) is 11.9. The van der Waals surface area contributed by atoms with Gasteiger partial charge in [-0.1, -0.05) is 56.7 Å². The maximum Gasteiger partial charge on any atom is 0.295 e. The van der Waals surface area contributed by atoms with E-state index in [0.717, 1.165) is 29.8 Å². The normalized spacial score (nSPS) is 21.0. The second-order valence-corrected chi connectivity index (χ2v) is 10.3. The molecule has 7 nitrogen and oxygen atoms in total. The molecule has 1 atom stereocenters. The molecule has 35 heavy (non-hydrogen) atoms. The molecule has 186 valence electrons. The average molecular weight is 479 g/mol. The molecule has 2 aromatic carbocycles. The second-order valence-electron chi connectivity index (χ2n) is 10.3. The van der Waals surface area contributed by atoms with Gasteiger partial charge in [-0.15, -0.1) is 0 Å². The smallest absolute Gasteiger partial charge is 0.295 e. The van der Waals surface area contributed by atoms with Gasteiger partial charge in [0.1, 0.15) is 11.5 Å². The number of benzene rings is 2. The number of hydrogen-bond donors (Lipinski definition) is 2. The third-order valence-corrected chi connectivity index (χ3v) is 6.80. The van der Waals surface area contributed by atoms with E-state index >= 15 is 0 Å². The highest BCUT2D eigenvalue weighted by molar-refractivity contribution is 6.46. The van der Waals surface area contributed by atoms with Crippen molar-refractivity contribution in [2.24, 2.45) is 0 Å². The summed E-state index contributed by atoms with van der Waals surface area (Å²) in [5, 5.41) is 21.7. The zero-order valence-electron chi connectivity index (χ0n) is 20.9. The quantitative estimate of drug-likeness (QED) is 0.387. The van der Waals surface area contributed by atoms with E-state index in [0.29, 0.717) is 26.3 Å². The number of ketones is 1. The minimum absolute atomic E-state index is 0.00128. The molecule has 0 saturated carbocycles. The number of hydrogen-bond acceptors (Lipinski definition) is 6. The van der Waals surface area contributed by atoms with Crippen molar-refractivity contribution in [3.8, 4) is 5.75 Å². The summed E-state index contributed by atoms with van der Waals surface area (Å²) in [5.41, 5.74) is 2.78. The predicted molar refractivity (Wildman–Crippen MR) is 134 cm³/mol. The summed E-state index contributed by atoms with van der Waals surface area (Å²) < 4.78 is 5.42. The summed E-state index contributed by atoms with van der Waals surface area (Å²) in [5.74, 6) is -1.88. The number of carbonyl (C=O) groups is 2. The van der Waals surface area contributed by atoms with Crippen LogP contribution in [0.1, 0.15) is 49.1 Å². The van der Waals surface area contributed by atoms with Gasteiger partial charge in [-0.25, -0.2) is 0 Å². The van der Waals surface area contributed by atoms with E-state index in [1.807, 2.05) is 31.2 Å². The number of aromatic hydroxyl groups is 1. The minimum Gasteiger partial charge on any atom is -0.507 e. The first kappa shape index (κ1) is 24.9. The van der Waals surface area contributed by atoms with Crippen LogP contribution in [-0.4, -0.2) is 71.1 Å². The number of nitrogens with zero attached hydrogens (tertiary/aromatic N) is 2. The summed E-state index contributed by atoms with van der Waals surface area (Å²) >= 11 is 0. The maximum absolute atomic E-state index is 13.3. The molecule has 0 bridgehead atoms. The summed E-state index contributed by atoms with van der Waals surface area (Å²) in [6.45, 7) is 12.0. The summed E-state index contributed by atoms with van der Waals surface area (Å²) in [7, 11) is 0. The molecule has 0 aliphatic carbocycles. The van der Waals surface area contributed by atoms with Crippen LogP contribution in [0.15, 0.2) is 48.0 Å². The predicted octanol–water partition coefficient (Wildman–Crippen LogP) is 3.75. The van der Waals surface area contributed by atoms with Crippen molar-refractivity contribution >= 4 is 17.4 Å². The lowest BCUT2D eigenvalue weighted by molar-refractivity contribution is -0.140. The molecule has 4 rings (SSSR count). The van der Waals surface area contributed by atoms with Crippen LogP contribution in [0, 0.1) is 6.92 Å². The van der Waals surface area contributed by atoms with Crippen LogP contribution < -0.4 is 0 Å². The molecule has 1 unspecified atom stereocenters. The maximum atomic E-state index is 13.3. The van der Waals surface area contributed by atoms with Gasteiger partial charge in [0.05, 0.1) is 30.4 Å². The van der Waals surface area contributed by atoms with Crippen molar-refractivity contribution in [2.75, 3.05) is 39.4 Å². The zero-order valence-corrected chi connectivity index (χ0v) is 20.9. The zero-order chi connectivity index (χ0) is 25.3. The van der Waals surface area contributed by atoms with E-state index in [1.54, 1.807) is 17.0 Å². The lowest BCUT2D eigenvalue weighted by Crippen LogP contribution is -2.42. The van der Waals surface area contributed by atoms with Gasteiger partial charge in [0.15, 0.2) is 0 Å². The number of aliphatic hydroxyl groups excluding tert-OH is 1. The Morgan fingerprint density at radius 1 is 1.03 bits per heavy atom. The topological polar surface area (TPSA) is 90.3 Å². The van der Waals surface area contributed by atoms with E-state index in [2.05, 4.69) is 25.7 Å². The minimum atomic E-state index is -0.745. The number of ether oxygens (including phenoxy) is 1. The third kappa shape index (κ3) is 5.11. The first-order valence-corrected chi connectivity index (χ1v) is 12.1. The van der Waals surface area contributed by atoms with Crippen LogP contribution in [0.4, 0.5) is 0 Å². The van der Waals surface area contributed by atoms with E-state index in [9.17, 15) is 19.8 Å². The molecule has 0 aromatic heterocycles. The fourth-order valence-corrected chi connectivity index (χ4v) is 4.68. The van der Waals surface area contributed by atoms with Crippen molar-refractivity contribution in [1.29, 1.82) is 0 Å². The van der Waals surface area contributed by atoms with E-state index in [4.69, 9.17) is 4.74 Å². The number of Topliss-reactive ketones (excluding diaryl/α,β-unsaturated/α-hetero) is 1. The number of aliphatic hydroxyl groups is 1. The van der Waals surface area contributed by atoms with Crippen LogP contribution in [0.25, 0.3) is 5.76 Å². The van der Waals surface area contributed by atoms with Gasteiger partial charge in [0, 0.05) is 26.2 Å². The Morgan fingerprint density at radius 3 is 2.31 bits per heavy atom. The molecule has 2 heterocycles. The number of phenols is 1. The number of morpholine rings is 1. The van der Waals surface area contributed by atoms with Crippen LogP contribution in [0.2, 0.25) is 0 Å². The molecule has 2 saturated heterocycles. The third-order valence-electron chi connectivity index (χ3n) is 6.80. The fraction of sp³-hybridized carbons (Fsp3) is 0.429. The highest BCUT2D eigenvalue weighted by Crippen LogP contribution is 2.41. The molecule has 0 spiro atoms. The Bertz CT molecular complexity index is 1140.